The molecule has 2 saturated heterocycles. The Morgan fingerprint density at radius 3 is 2.42 bits per heavy atom. The quantitative estimate of drug-likeness (QED) is 0.557. The van der Waals surface area contributed by atoms with Crippen molar-refractivity contribution >= 4 is 5.91 Å². The maximum atomic E-state index is 12.9. The summed E-state index contributed by atoms with van der Waals surface area (Å²) in [4.78, 5) is 15.0. The van der Waals surface area contributed by atoms with Crippen molar-refractivity contribution in [2.45, 2.75) is 63.3 Å². The minimum absolute atomic E-state index is 0.0697. The molecule has 0 aromatic heterocycles. The van der Waals surface area contributed by atoms with Gasteiger partial charge in [0.15, 0.2) is 0 Å². The van der Waals surface area contributed by atoms with Crippen molar-refractivity contribution in [1.29, 1.82) is 0 Å². The average Bonchev–Trinajstić information content (AvgIpc) is 3.37. The number of carbonyl (C=O) groups excluding carboxylic acids is 1. The zero-order chi connectivity index (χ0) is 21.1. The van der Waals surface area contributed by atoms with Gasteiger partial charge < -0.3 is 14.4 Å². The second kappa shape index (κ2) is 9.13. The summed E-state index contributed by atoms with van der Waals surface area (Å²) in [5.74, 6) is 1.44. The number of carbonyl (C=O) groups is 1. The van der Waals surface area contributed by atoms with E-state index < -0.39 is 0 Å². The van der Waals surface area contributed by atoms with Gasteiger partial charge in [-0.1, -0.05) is 60.7 Å². The van der Waals surface area contributed by atoms with Gasteiger partial charge >= 0.3 is 0 Å². The van der Waals surface area contributed by atoms with Gasteiger partial charge in [0, 0.05) is 25.4 Å². The summed E-state index contributed by atoms with van der Waals surface area (Å²) in [6.45, 7) is 2.15. The highest BCUT2D eigenvalue weighted by Crippen LogP contribution is 2.52. The van der Waals surface area contributed by atoms with Gasteiger partial charge in [-0.2, -0.15) is 0 Å². The first kappa shape index (κ1) is 20.7. The molecule has 1 saturated carbocycles. The second-order valence-corrected chi connectivity index (χ2v) is 9.39. The van der Waals surface area contributed by atoms with Gasteiger partial charge in [-0.05, 0) is 49.1 Å². The third-order valence-electron chi connectivity index (χ3n) is 7.63. The Labute approximate surface area is 185 Å². The summed E-state index contributed by atoms with van der Waals surface area (Å²) in [6.07, 6.45) is 7.32. The van der Waals surface area contributed by atoms with Crippen molar-refractivity contribution in [3.05, 3.63) is 71.8 Å². The lowest BCUT2D eigenvalue weighted by atomic mass is 9.75. The Morgan fingerprint density at radius 1 is 0.968 bits per heavy atom. The van der Waals surface area contributed by atoms with Crippen LogP contribution < -0.4 is 0 Å². The van der Waals surface area contributed by atoms with Crippen LogP contribution >= 0.6 is 0 Å². The highest BCUT2D eigenvalue weighted by Gasteiger charge is 2.58. The molecule has 4 nitrogen and oxygen atoms in total. The van der Waals surface area contributed by atoms with Crippen molar-refractivity contribution < 1.29 is 14.3 Å². The highest BCUT2D eigenvalue weighted by atomic mass is 16.5. The molecule has 0 unspecified atom stereocenters. The molecule has 3 fully saturated rings. The Bertz CT molecular complexity index is 863. The molecule has 2 aromatic carbocycles. The van der Waals surface area contributed by atoms with Gasteiger partial charge in [0.1, 0.15) is 5.72 Å². The summed E-state index contributed by atoms with van der Waals surface area (Å²) in [5, 5.41) is 0. The van der Waals surface area contributed by atoms with Crippen molar-refractivity contribution in [1.82, 2.24) is 4.90 Å². The Hall–Kier alpha value is -2.17. The molecule has 1 amide bonds. The van der Waals surface area contributed by atoms with E-state index in [1.165, 1.54) is 24.0 Å². The van der Waals surface area contributed by atoms with Crippen LogP contribution in [0.15, 0.2) is 60.7 Å². The predicted molar refractivity (Wildman–Crippen MR) is 120 cm³/mol. The third kappa shape index (κ3) is 4.16. The van der Waals surface area contributed by atoms with E-state index in [9.17, 15) is 4.79 Å². The summed E-state index contributed by atoms with van der Waals surface area (Å²) in [5.41, 5.74) is 2.07. The third-order valence-corrected chi connectivity index (χ3v) is 7.63. The molecule has 164 valence electrons. The first-order valence-electron chi connectivity index (χ1n) is 11.9. The number of hydrogen-bond donors (Lipinski definition) is 0. The maximum absolute atomic E-state index is 12.9. The van der Waals surface area contributed by atoms with Crippen molar-refractivity contribution in [3.63, 3.8) is 0 Å². The van der Waals surface area contributed by atoms with Gasteiger partial charge in [0.05, 0.1) is 19.3 Å². The molecule has 0 N–H and O–H groups in total. The molecular weight excluding hydrogens is 386 g/mol. The zero-order valence-electron chi connectivity index (χ0n) is 18.2. The number of ether oxygens (including phenoxy) is 2. The van der Waals surface area contributed by atoms with Crippen LogP contribution in [-0.4, -0.2) is 29.7 Å². The fourth-order valence-corrected chi connectivity index (χ4v) is 5.97. The van der Waals surface area contributed by atoms with E-state index in [1.54, 1.807) is 0 Å². The standard InChI is InChI=1S/C27H33NO3/c29-26-15-17-27(28(26)25(20-31-27)23-9-5-2-6-10-23)24-13-11-21(12-14-24)16-18-30-19-22-7-3-1-4-8-22/h1-10,21,24-25H,11-20H2/t21-,24-,25-,27+/m1/s1. The lowest BCUT2D eigenvalue weighted by Crippen LogP contribution is -2.49. The van der Waals surface area contributed by atoms with E-state index in [1.807, 2.05) is 12.1 Å². The summed E-state index contributed by atoms with van der Waals surface area (Å²) >= 11 is 0. The second-order valence-electron chi connectivity index (χ2n) is 9.39. The summed E-state index contributed by atoms with van der Waals surface area (Å²) < 4.78 is 12.4. The van der Waals surface area contributed by atoms with Crippen LogP contribution in [0, 0.1) is 11.8 Å². The zero-order valence-corrected chi connectivity index (χ0v) is 18.2. The molecule has 5 rings (SSSR count). The summed E-state index contributed by atoms with van der Waals surface area (Å²) in [7, 11) is 0. The molecule has 4 heteroatoms. The number of benzene rings is 2. The SMILES string of the molecule is O=C1CC[C@@]2([C@H]3CC[C@H](CCOCc4ccccc4)CC3)OC[C@H](c3ccccc3)N12. The van der Waals surface area contributed by atoms with E-state index in [0.717, 1.165) is 38.2 Å². The molecular formula is C27H33NO3. The van der Waals surface area contributed by atoms with Crippen LogP contribution in [0.5, 0.6) is 0 Å². The monoisotopic (exact) mass is 419 g/mol. The maximum Gasteiger partial charge on any atom is 0.225 e. The Kier molecular flexibility index (Phi) is 6.10. The fraction of sp³-hybridized carbons (Fsp3) is 0.519. The van der Waals surface area contributed by atoms with E-state index >= 15 is 0 Å². The topological polar surface area (TPSA) is 38.8 Å². The lowest BCUT2D eigenvalue weighted by molar-refractivity contribution is -0.150. The van der Waals surface area contributed by atoms with Crippen LogP contribution in [0.2, 0.25) is 0 Å². The van der Waals surface area contributed by atoms with Gasteiger partial charge in [-0.25, -0.2) is 0 Å². The van der Waals surface area contributed by atoms with Crippen molar-refractivity contribution in [3.8, 4) is 0 Å². The number of nitrogens with zero attached hydrogens (tertiary/aromatic N) is 1. The molecule has 2 aromatic rings. The molecule has 31 heavy (non-hydrogen) atoms. The van der Waals surface area contributed by atoms with E-state index in [-0.39, 0.29) is 17.7 Å². The van der Waals surface area contributed by atoms with Crippen LogP contribution in [0.1, 0.15) is 62.1 Å². The molecule has 0 spiro atoms. The van der Waals surface area contributed by atoms with E-state index in [2.05, 4.69) is 53.4 Å². The summed E-state index contributed by atoms with van der Waals surface area (Å²) in [6, 6.07) is 20.9. The van der Waals surface area contributed by atoms with E-state index in [0.29, 0.717) is 25.6 Å². The van der Waals surface area contributed by atoms with Crippen LogP contribution in [-0.2, 0) is 20.9 Å². The minimum Gasteiger partial charge on any atom is -0.377 e. The molecule has 2 heterocycles. The Balaban J connectivity index is 1.15. The number of fused-ring (bicyclic) bond motifs is 1. The van der Waals surface area contributed by atoms with Crippen LogP contribution in [0.3, 0.4) is 0 Å². The molecule has 2 atom stereocenters. The smallest absolute Gasteiger partial charge is 0.225 e. The van der Waals surface area contributed by atoms with Gasteiger partial charge in [0.2, 0.25) is 5.91 Å². The number of amides is 1. The van der Waals surface area contributed by atoms with Gasteiger partial charge in [0.25, 0.3) is 0 Å². The van der Waals surface area contributed by atoms with Gasteiger partial charge in [-0.15, -0.1) is 0 Å². The molecule has 1 aliphatic carbocycles. The number of rotatable bonds is 7. The fourth-order valence-electron chi connectivity index (χ4n) is 5.97. The van der Waals surface area contributed by atoms with Crippen LogP contribution in [0.25, 0.3) is 0 Å². The first-order chi connectivity index (χ1) is 15.3. The Morgan fingerprint density at radius 2 is 1.68 bits per heavy atom. The van der Waals surface area contributed by atoms with Gasteiger partial charge in [-0.3, -0.25) is 4.79 Å². The normalized spacial score (nSPS) is 30.5. The molecule has 0 radical (unpaired) electrons. The highest BCUT2D eigenvalue weighted by molar-refractivity contribution is 5.80. The largest absolute Gasteiger partial charge is 0.377 e. The number of hydrogen-bond acceptors (Lipinski definition) is 3. The average molecular weight is 420 g/mol. The molecule has 2 aliphatic heterocycles. The van der Waals surface area contributed by atoms with E-state index in [4.69, 9.17) is 9.47 Å². The predicted octanol–water partition coefficient (Wildman–Crippen LogP) is 5.49. The first-order valence-corrected chi connectivity index (χ1v) is 11.9. The van der Waals surface area contributed by atoms with Crippen molar-refractivity contribution in [2.24, 2.45) is 11.8 Å². The van der Waals surface area contributed by atoms with Crippen LogP contribution in [0.4, 0.5) is 0 Å². The van der Waals surface area contributed by atoms with Crippen molar-refractivity contribution in [2.75, 3.05) is 13.2 Å². The molecule has 3 aliphatic rings. The molecule has 0 bridgehead atoms. The lowest BCUT2D eigenvalue weighted by Gasteiger charge is -2.43. The minimum atomic E-state index is -0.369.